The van der Waals surface area contributed by atoms with Crippen molar-refractivity contribution in [3.05, 3.63) is 0 Å². The smallest absolute Gasteiger partial charge is 0.249 e. The van der Waals surface area contributed by atoms with E-state index in [1.807, 2.05) is 6.92 Å². The average Bonchev–Trinajstić information content (AvgIpc) is 3.04. The largest absolute Gasteiger partial charge is 0.376 e. The maximum atomic E-state index is 12.7. The van der Waals surface area contributed by atoms with Gasteiger partial charge in [-0.1, -0.05) is 12.8 Å². The van der Waals surface area contributed by atoms with Gasteiger partial charge < -0.3 is 15.0 Å². The Morgan fingerprint density at radius 1 is 1.32 bits per heavy atom. The third-order valence-electron chi connectivity index (χ3n) is 4.81. The van der Waals surface area contributed by atoms with E-state index < -0.39 is 5.54 Å². The van der Waals surface area contributed by atoms with E-state index in [-0.39, 0.29) is 30.5 Å². The Labute approximate surface area is 113 Å². The number of nitrogens with one attached hydrogen (secondary N) is 1. The SMILES string of the molecule is CC(C1CCCO1)N1CC(=O)NC2(CCCC2)C1=O. The van der Waals surface area contributed by atoms with E-state index in [4.69, 9.17) is 4.74 Å². The van der Waals surface area contributed by atoms with E-state index in [0.717, 1.165) is 45.1 Å². The van der Waals surface area contributed by atoms with Crippen LogP contribution in [0.5, 0.6) is 0 Å². The molecular weight excluding hydrogens is 244 g/mol. The third-order valence-corrected chi connectivity index (χ3v) is 4.81. The summed E-state index contributed by atoms with van der Waals surface area (Å²) in [7, 11) is 0. The molecule has 5 nitrogen and oxygen atoms in total. The van der Waals surface area contributed by atoms with E-state index in [0.29, 0.717) is 0 Å². The van der Waals surface area contributed by atoms with Crippen molar-refractivity contribution in [3.8, 4) is 0 Å². The summed E-state index contributed by atoms with van der Waals surface area (Å²) in [5.41, 5.74) is -0.609. The zero-order valence-electron chi connectivity index (χ0n) is 11.5. The summed E-state index contributed by atoms with van der Waals surface area (Å²) in [4.78, 5) is 26.5. The Morgan fingerprint density at radius 2 is 2.05 bits per heavy atom. The van der Waals surface area contributed by atoms with E-state index in [9.17, 15) is 9.59 Å². The summed E-state index contributed by atoms with van der Waals surface area (Å²) >= 11 is 0. The van der Waals surface area contributed by atoms with Gasteiger partial charge >= 0.3 is 0 Å². The number of amides is 2. The van der Waals surface area contributed by atoms with Crippen molar-refractivity contribution >= 4 is 11.8 Å². The van der Waals surface area contributed by atoms with Crippen molar-refractivity contribution < 1.29 is 14.3 Å². The van der Waals surface area contributed by atoms with Crippen LogP contribution in [0.25, 0.3) is 0 Å². The third kappa shape index (κ3) is 2.14. The van der Waals surface area contributed by atoms with Gasteiger partial charge in [0, 0.05) is 6.61 Å². The number of hydrogen-bond donors (Lipinski definition) is 1. The van der Waals surface area contributed by atoms with Gasteiger partial charge in [-0.15, -0.1) is 0 Å². The summed E-state index contributed by atoms with van der Waals surface area (Å²) < 4.78 is 5.68. The van der Waals surface area contributed by atoms with Crippen LogP contribution in [0.4, 0.5) is 0 Å². The highest BCUT2D eigenvalue weighted by molar-refractivity contribution is 5.98. The van der Waals surface area contributed by atoms with Crippen molar-refractivity contribution in [1.29, 1.82) is 0 Å². The van der Waals surface area contributed by atoms with Gasteiger partial charge in [0.2, 0.25) is 11.8 Å². The number of piperazine rings is 1. The summed E-state index contributed by atoms with van der Waals surface area (Å²) in [5.74, 6) is 0.0824. The molecule has 1 spiro atoms. The molecule has 2 atom stereocenters. The fourth-order valence-corrected chi connectivity index (χ4v) is 3.69. The summed E-state index contributed by atoms with van der Waals surface area (Å²) in [6.07, 6.45) is 5.74. The molecule has 5 heteroatoms. The summed E-state index contributed by atoms with van der Waals surface area (Å²) in [6, 6.07) is -0.00137. The topological polar surface area (TPSA) is 58.6 Å². The van der Waals surface area contributed by atoms with Gasteiger partial charge in [0.1, 0.15) is 12.1 Å². The van der Waals surface area contributed by atoms with Crippen LogP contribution < -0.4 is 5.32 Å². The van der Waals surface area contributed by atoms with Crippen LogP contribution in [0.1, 0.15) is 45.4 Å². The van der Waals surface area contributed by atoms with Crippen LogP contribution in [-0.2, 0) is 14.3 Å². The number of nitrogens with zero attached hydrogens (tertiary/aromatic N) is 1. The van der Waals surface area contributed by atoms with Gasteiger partial charge in [0.25, 0.3) is 0 Å². The molecule has 19 heavy (non-hydrogen) atoms. The van der Waals surface area contributed by atoms with E-state index in [2.05, 4.69) is 5.32 Å². The van der Waals surface area contributed by atoms with Crippen molar-refractivity contribution in [1.82, 2.24) is 10.2 Å². The first kappa shape index (κ1) is 12.9. The maximum Gasteiger partial charge on any atom is 0.249 e. The van der Waals surface area contributed by atoms with Crippen LogP contribution in [0.15, 0.2) is 0 Å². The van der Waals surface area contributed by atoms with Crippen LogP contribution in [-0.4, -0.2) is 47.6 Å². The number of ether oxygens (including phenoxy) is 1. The van der Waals surface area contributed by atoms with Crippen LogP contribution in [0, 0.1) is 0 Å². The molecule has 3 fully saturated rings. The van der Waals surface area contributed by atoms with E-state index in [1.54, 1.807) is 4.90 Å². The minimum absolute atomic E-state index is 0.00137. The molecule has 1 aliphatic carbocycles. The van der Waals surface area contributed by atoms with Gasteiger partial charge in [-0.3, -0.25) is 9.59 Å². The van der Waals surface area contributed by atoms with E-state index >= 15 is 0 Å². The first-order valence-electron chi connectivity index (χ1n) is 7.36. The highest BCUT2D eigenvalue weighted by atomic mass is 16.5. The molecule has 0 aromatic rings. The zero-order chi connectivity index (χ0) is 13.5. The number of rotatable bonds is 2. The second-order valence-electron chi connectivity index (χ2n) is 6.06. The number of carbonyl (C=O) groups excluding carboxylic acids is 2. The zero-order valence-corrected chi connectivity index (χ0v) is 11.5. The molecule has 2 unspecified atom stereocenters. The van der Waals surface area contributed by atoms with Crippen LogP contribution in [0.3, 0.4) is 0 Å². The summed E-state index contributed by atoms with van der Waals surface area (Å²) in [6.45, 7) is 2.96. The predicted octanol–water partition coefficient (Wildman–Crippen LogP) is 0.825. The normalized spacial score (nSPS) is 31.8. The standard InChI is InChI=1S/C14H22N2O3/c1-10(11-5-4-8-19-11)16-9-12(17)15-14(13(16)18)6-2-3-7-14/h10-11H,2-9H2,1H3,(H,15,17). The monoisotopic (exact) mass is 266 g/mol. The number of hydrogen-bond acceptors (Lipinski definition) is 3. The van der Waals surface area contributed by atoms with Crippen molar-refractivity contribution in [2.75, 3.05) is 13.2 Å². The van der Waals surface area contributed by atoms with Crippen LogP contribution >= 0.6 is 0 Å². The highest BCUT2D eigenvalue weighted by Gasteiger charge is 2.50. The fraction of sp³-hybridized carbons (Fsp3) is 0.857. The minimum atomic E-state index is -0.609. The van der Waals surface area contributed by atoms with Gasteiger partial charge in [0.15, 0.2) is 0 Å². The van der Waals surface area contributed by atoms with E-state index in [1.165, 1.54) is 0 Å². The Morgan fingerprint density at radius 3 is 2.68 bits per heavy atom. The molecule has 0 aromatic heterocycles. The van der Waals surface area contributed by atoms with Gasteiger partial charge in [0.05, 0.1) is 12.1 Å². The maximum absolute atomic E-state index is 12.7. The van der Waals surface area contributed by atoms with Gasteiger partial charge in [-0.2, -0.15) is 0 Å². The Balaban J connectivity index is 1.79. The molecule has 1 N–H and O–H groups in total. The molecule has 2 heterocycles. The first-order chi connectivity index (χ1) is 9.12. The minimum Gasteiger partial charge on any atom is -0.376 e. The fourth-order valence-electron chi connectivity index (χ4n) is 3.69. The van der Waals surface area contributed by atoms with Crippen molar-refractivity contribution in [2.45, 2.75) is 63.1 Å². The second-order valence-corrected chi connectivity index (χ2v) is 6.06. The molecule has 2 aliphatic heterocycles. The van der Waals surface area contributed by atoms with Crippen LogP contribution in [0.2, 0.25) is 0 Å². The lowest BCUT2D eigenvalue weighted by atomic mass is 9.91. The lowest BCUT2D eigenvalue weighted by Gasteiger charge is -2.43. The lowest BCUT2D eigenvalue weighted by molar-refractivity contribution is -0.154. The molecule has 0 bridgehead atoms. The van der Waals surface area contributed by atoms with Gasteiger partial charge in [-0.05, 0) is 32.6 Å². The Hall–Kier alpha value is -1.10. The second kappa shape index (κ2) is 4.78. The molecule has 2 saturated heterocycles. The molecule has 0 radical (unpaired) electrons. The molecule has 3 aliphatic rings. The van der Waals surface area contributed by atoms with Crippen molar-refractivity contribution in [2.24, 2.45) is 0 Å². The van der Waals surface area contributed by atoms with Crippen molar-refractivity contribution in [3.63, 3.8) is 0 Å². The quantitative estimate of drug-likeness (QED) is 0.805. The van der Waals surface area contributed by atoms with Gasteiger partial charge in [-0.25, -0.2) is 0 Å². The Bertz CT molecular complexity index is 384. The average molecular weight is 266 g/mol. The lowest BCUT2D eigenvalue weighted by Crippen LogP contribution is -2.68. The summed E-state index contributed by atoms with van der Waals surface area (Å²) in [5, 5.41) is 2.95. The molecule has 2 amide bonds. The molecule has 106 valence electrons. The number of carbonyl (C=O) groups is 2. The molecule has 1 saturated carbocycles. The molecule has 0 aromatic carbocycles. The predicted molar refractivity (Wildman–Crippen MR) is 69.5 cm³/mol. The highest BCUT2D eigenvalue weighted by Crippen LogP contribution is 2.34. The first-order valence-corrected chi connectivity index (χ1v) is 7.36. The molecular formula is C14H22N2O3. The Kier molecular flexibility index (Phi) is 3.25. The molecule has 3 rings (SSSR count).